The van der Waals surface area contributed by atoms with Crippen LogP contribution in [-0.2, 0) is 14.2 Å². The minimum atomic E-state index is -2.44. The predicted octanol–water partition coefficient (Wildman–Crippen LogP) is 0.694. The summed E-state index contributed by atoms with van der Waals surface area (Å²) in [5, 5.41) is 9.93. The van der Waals surface area contributed by atoms with Crippen LogP contribution < -0.4 is 0 Å². The van der Waals surface area contributed by atoms with Crippen LogP contribution in [0.25, 0.3) is 0 Å². The highest BCUT2D eigenvalue weighted by Crippen LogP contribution is 2.35. The number of likely N-dealkylation sites (N-methyl/N-ethyl adjacent to an activating group) is 1. The van der Waals surface area contributed by atoms with Crippen LogP contribution in [-0.4, -0.2) is 66.1 Å². The average Bonchev–Trinajstić information content (AvgIpc) is 2.13. The molecule has 0 aliphatic heterocycles. The van der Waals surface area contributed by atoms with Crippen molar-refractivity contribution in [3.63, 3.8) is 0 Å². The zero-order valence-electron chi connectivity index (χ0n) is 11.0. The third-order valence-electron chi connectivity index (χ3n) is 2.06. The van der Waals surface area contributed by atoms with E-state index in [1.54, 1.807) is 13.8 Å². The van der Waals surface area contributed by atoms with Gasteiger partial charge in [0.25, 0.3) is 5.91 Å². The van der Waals surface area contributed by atoms with Crippen molar-refractivity contribution in [1.29, 1.82) is 0 Å². The van der Waals surface area contributed by atoms with Gasteiger partial charge in [0.2, 0.25) is 5.91 Å². The number of rotatable bonds is 5. The maximum absolute atomic E-state index is 11.6. The Hall–Kier alpha value is -0.870. The summed E-state index contributed by atoms with van der Waals surface area (Å²) >= 11 is 0. The molecule has 17 heavy (non-hydrogen) atoms. The van der Waals surface area contributed by atoms with Gasteiger partial charge < -0.3 is 9.46 Å². The predicted molar refractivity (Wildman–Crippen MR) is 65.7 cm³/mol. The minimum absolute atomic E-state index is 0.0656. The van der Waals surface area contributed by atoms with E-state index in [-0.39, 0.29) is 24.7 Å². The van der Waals surface area contributed by atoms with E-state index in [4.69, 9.17) is 0 Å². The van der Waals surface area contributed by atoms with E-state index in [9.17, 15) is 19.4 Å². The Balaban J connectivity index is 4.36. The topological polar surface area (TPSA) is 77.9 Å². The number of carbonyl (C=O) groups excluding carboxylic acids is 2. The largest absolute Gasteiger partial charge is 0.336 e. The molecule has 0 saturated heterocycles. The summed E-state index contributed by atoms with van der Waals surface area (Å²) in [4.78, 5) is 24.2. The summed E-state index contributed by atoms with van der Waals surface area (Å²) in [5.41, 5.74) is 0. The normalized spacial score (nSPS) is 11.5. The van der Waals surface area contributed by atoms with Gasteiger partial charge >= 0.3 is 0 Å². The third kappa shape index (κ3) is 6.44. The Morgan fingerprint density at radius 3 is 2.06 bits per heavy atom. The number of hydrogen-bond acceptors (Lipinski definition) is 4. The molecule has 0 heterocycles. The van der Waals surface area contributed by atoms with E-state index in [0.29, 0.717) is 5.06 Å². The van der Waals surface area contributed by atoms with Crippen molar-refractivity contribution in [2.24, 2.45) is 0 Å². The van der Waals surface area contributed by atoms with Crippen LogP contribution in [0.4, 0.5) is 0 Å². The Bertz CT molecular complexity index is 337. The monoisotopic (exact) mass is 264 g/mol. The number of nitrogens with zero attached hydrogens (tertiary/aromatic N) is 2. The molecule has 0 aromatic carbocycles. The summed E-state index contributed by atoms with van der Waals surface area (Å²) in [6.45, 7) is 6.14. The van der Waals surface area contributed by atoms with Crippen LogP contribution >= 0.6 is 7.14 Å². The Kier molecular flexibility index (Phi) is 5.85. The van der Waals surface area contributed by atoms with Gasteiger partial charge in [0.1, 0.15) is 6.54 Å². The summed E-state index contributed by atoms with van der Waals surface area (Å²) in [7, 11) is -0.992. The van der Waals surface area contributed by atoms with Gasteiger partial charge in [0.15, 0.2) is 0 Å². The highest BCUT2D eigenvalue weighted by molar-refractivity contribution is 7.63. The van der Waals surface area contributed by atoms with Crippen LogP contribution in [0.2, 0.25) is 0 Å². The first kappa shape index (κ1) is 16.1. The summed E-state index contributed by atoms with van der Waals surface area (Å²) in [6.07, 6.45) is -0.0656. The van der Waals surface area contributed by atoms with Crippen molar-refractivity contribution in [1.82, 2.24) is 9.96 Å². The van der Waals surface area contributed by atoms with Crippen molar-refractivity contribution in [2.45, 2.75) is 19.9 Å². The van der Waals surface area contributed by atoms with Crippen LogP contribution in [0.15, 0.2) is 0 Å². The van der Waals surface area contributed by atoms with Crippen LogP contribution in [0.1, 0.15) is 13.8 Å². The molecule has 1 N–H and O–H groups in total. The maximum atomic E-state index is 11.6. The molecule has 7 heteroatoms. The lowest BCUT2D eigenvalue weighted by molar-refractivity contribution is -0.174. The molecule has 2 amide bonds. The highest BCUT2D eigenvalue weighted by atomic mass is 31.2. The van der Waals surface area contributed by atoms with Crippen molar-refractivity contribution < 1.29 is 19.4 Å². The van der Waals surface area contributed by atoms with E-state index in [2.05, 4.69) is 0 Å². The van der Waals surface area contributed by atoms with Gasteiger partial charge in [-0.3, -0.25) is 14.8 Å². The lowest BCUT2D eigenvalue weighted by Gasteiger charge is -2.23. The zero-order chi connectivity index (χ0) is 13.8. The Morgan fingerprint density at radius 2 is 1.71 bits per heavy atom. The molecular weight excluding hydrogens is 243 g/mol. The van der Waals surface area contributed by atoms with Crippen molar-refractivity contribution in [3.8, 4) is 0 Å². The maximum Gasteiger partial charge on any atom is 0.265 e. The first-order valence-corrected chi connectivity index (χ1v) is 8.12. The van der Waals surface area contributed by atoms with Crippen molar-refractivity contribution in [2.75, 3.05) is 33.1 Å². The molecular formula is C10H21N2O4P. The molecule has 0 saturated carbocycles. The summed E-state index contributed by atoms with van der Waals surface area (Å²) in [6, 6.07) is -0.338. The molecule has 0 rings (SSSR count). The van der Waals surface area contributed by atoms with Gasteiger partial charge in [-0.2, -0.15) is 0 Å². The molecule has 0 spiro atoms. The zero-order valence-corrected chi connectivity index (χ0v) is 11.9. The summed E-state index contributed by atoms with van der Waals surface area (Å²) < 4.78 is 11.5. The highest BCUT2D eigenvalue weighted by Gasteiger charge is 2.22. The molecule has 0 atom stereocenters. The number of hydrogen-bond donors (Lipinski definition) is 1. The fourth-order valence-corrected chi connectivity index (χ4v) is 1.99. The van der Waals surface area contributed by atoms with Crippen molar-refractivity contribution >= 4 is 19.0 Å². The lowest BCUT2D eigenvalue weighted by Crippen LogP contribution is -2.43. The quantitative estimate of drug-likeness (QED) is 0.450. The van der Waals surface area contributed by atoms with Gasteiger partial charge in [-0.25, -0.2) is 5.06 Å². The van der Waals surface area contributed by atoms with Gasteiger partial charge in [0, 0.05) is 7.05 Å². The lowest BCUT2D eigenvalue weighted by atomic mass is 10.3. The standard InChI is InChI=1S/C10H21N2O4P/c1-8(2)12(15)9(13)6-11(3)10(14)7-17(4,5)16/h8,15H,6-7H2,1-5H3. The molecule has 0 radical (unpaired) electrons. The smallest absolute Gasteiger partial charge is 0.265 e. The second kappa shape index (κ2) is 6.17. The average molecular weight is 264 g/mol. The Labute approximate surface area is 102 Å². The van der Waals surface area contributed by atoms with Gasteiger partial charge in [-0.05, 0) is 27.2 Å². The van der Waals surface area contributed by atoms with E-state index in [1.165, 1.54) is 25.3 Å². The molecule has 0 aliphatic carbocycles. The van der Waals surface area contributed by atoms with Crippen LogP contribution in [0, 0.1) is 0 Å². The van der Waals surface area contributed by atoms with Gasteiger partial charge in [-0.15, -0.1) is 0 Å². The number of amides is 2. The molecule has 0 bridgehead atoms. The van der Waals surface area contributed by atoms with Gasteiger partial charge in [0.05, 0.1) is 19.3 Å². The molecule has 100 valence electrons. The SMILES string of the molecule is CC(C)N(O)C(=O)CN(C)C(=O)CP(C)(C)=O. The van der Waals surface area contributed by atoms with Gasteiger partial charge in [-0.1, -0.05) is 0 Å². The molecule has 0 aromatic heterocycles. The van der Waals surface area contributed by atoms with Crippen LogP contribution in [0.5, 0.6) is 0 Å². The molecule has 0 fully saturated rings. The molecule has 0 unspecified atom stereocenters. The fraction of sp³-hybridized carbons (Fsp3) is 0.800. The first-order chi connectivity index (χ1) is 7.54. The van der Waals surface area contributed by atoms with Crippen LogP contribution in [0.3, 0.4) is 0 Å². The number of carbonyl (C=O) groups is 2. The van der Waals surface area contributed by atoms with E-state index in [1.807, 2.05) is 0 Å². The third-order valence-corrected chi connectivity index (χ3v) is 3.09. The molecule has 6 nitrogen and oxygen atoms in total. The minimum Gasteiger partial charge on any atom is -0.336 e. The van der Waals surface area contributed by atoms with E-state index < -0.39 is 13.0 Å². The Morgan fingerprint density at radius 1 is 1.24 bits per heavy atom. The number of hydroxylamine groups is 2. The summed E-state index contributed by atoms with van der Waals surface area (Å²) in [5.74, 6) is -0.915. The molecule has 0 aliphatic rings. The first-order valence-electron chi connectivity index (χ1n) is 5.33. The molecule has 0 aromatic rings. The second-order valence-electron chi connectivity index (χ2n) is 4.81. The van der Waals surface area contributed by atoms with Crippen molar-refractivity contribution in [3.05, 3.63) is 0 Å². The second-order valence-corrected chi connectivity index (χ2v) is 8.28. The van der Waals surface area contributed by atoms with E-state index >= 15 is 0 Å². The van der Waals surface area contributed by atoms with E-state index in [0.717, 1.165) is 0 Å². The fourth-order valence-electron chi connectivity index (χ4n) is 1.10.